The average Bonchev–Trinajstić information content (AvgIpc) is 2.78. The molecular formula is C13H15ClN2O3. The van der Waals surface area contributed by atoms with Gasteiger partial charge in [0.2, 0.25) is 5.91 Å². The Balaban J connectivity index is 1.73. The minimum absolute atomic E-state index is 0.110. The third kappa shape index (κ3) is 3.86. The van der Waals surface area contributed by atoms with Gasteiger partial charge in [0.1, 0.15) is 6.61 Å². The fraction of sp³-hybridized carbons (Fsp3) is 0.385. The fourth-order valence-corrected chi connectivity index (χ4v) is 2.04. The zero-order valence-corrected chi connectivity index (χ0v) is 11.2. The summed E-state index contributed by atoms with van der Waals surface area (Å²) in [6, 6.07) is 7.24. The molecule has 5 nitrogen and oxygen atoms in total. The molecule has 0 unspecified atom stereocenters. The van der Waals surface area contributed by atoms with Gasteiger partial charge in [-0.05, 0) is 11.6 Å². The Hall–Kier alpha value is -1.75. The summed E-state index contributed by atoms with van der Waals surface area (Å²) in [7, 11) is 0. The Bertz CT molecular complexity index is 479. The van der Waals surface area contributed by atoms with E-state index in [1.165, 1.54) is 0 Å². The summed E-state index contributed by atoms with van der Waals surface area (Å²) in [5, 5.41) is 3.34. The van der Waals surface area contributed by atoms with Crippen molar-refractivity contribution in [2.24, 2.45) is 0 Å². The lowest BCUT2D eigenvalue weighted by molar-refractivity contribution is -0.120. The highest BCUT2D eigenvalue weighted by Crippen LogP contribution is 2.15. The SMILES string of the molecule is O=C(Cc1ccccc1Cl)NCCN1CCOC1=O. The molecule has 1 saturated heterocycles. The summed E-state index contributed by atoms with van der Waals surface area (Å²) < 4.78 is 4.79. The van der Waals surface area contributed by atoms with Crippen molar-refractivity contribution >= 4 is 23.6 Å². The number of ether oxygens (including phenoxy) is 1. The molecule has 0 aliphatic carbocycles. The van der Waals surface area contributed by atoms with Crippen molar-refractivity contribution in [1.82, 2.24) is 10.2 Å². The van der Waals surface area contributed by atoms with E-state index < -0.39 is 0 Å². The van der Waals surface area contributed by atoms with Crippen LogP contribution in [0.5, 0.6) is 0 Å². The number of carbonyl (C=O) groups is 2. The lowest BCUT2D eigenvalue weighted by Gasteiger charge is -2.13. The molecule has 0 aromatic heterocycles. The van der Waals surface area contributed by atoms with Gasteiger partial charge < -0.3 is 15.0 Å². The van der Waals surface area contributed by atoms with Gasteiger partial charge in [-0.2, -0.15) is 0 Å². The molecule has 6 heteroatoms. The molecular weight excluding hydrogens is 268 g/mol. The summed E-state index contributed by atoms with van der Waals surface area (Å²) in [4.78, 5) is 24.4. The second-order valence-corrected chi connectivity index (χ2v) is 4.63. The van der Waals surface area contributed by atoms with Gasteiger partial charge in [-0.3, -0.25) is 4.79 Å². The smallest absolute Gasteiger partial charge is 0.409 e. The van der Waals surface area contributed by atoms with Crippen LogP contribution in [0.15, 0.2) is 24.3 Å². The maximum Gasteiger partial charge on any atom is 0.409 e. The van der Waals surface area contributed by atoms with E-state index >= 15 is 0 Å². The lowest BCUT2D eigenvalue weighted by Crippen LogP contribution is -2.36. The normalized spacial score (nSPS) is 14.4. The third-order valence-corrected chi connectivity index (χ3v) is 3.23. The van der Waals surface area contributed by atoms with Crippen LogP contribution in [0.3, 0.4) is 0 Å². The van der Waals surface area contributed by atoms with E-state index in [-0.39, 0.29) is 18.4 Å². The van der Waals surface area contributed by atoms with Gasteiger partial charge in [0, 0.05) is 18.1 Å². The number of nitrogens with zero attached hydrogens (tertiary/aromatic N) is 1. The largest absolute Gasteiger partial charge is 0.448 e. The molecule has 2 amide bonds. The molecule has 0 atom stereocenters. The number of nitrogens with one attached hydrogen (secondary N) is 1. The standard InChI is InChI=1S/C13H15ClN2O3/c14-11-4-2-1-3-10(11)9-12(17)15-5-6-16-7-8-19-13(16)18/h1-4H,5-9H2,(H,15,17). The molecule has 1 N–H and O–H groups in total. The van der Waals surface area contributed by atoms with Crippen molar-refractivity contribution in [3.63, 3.8) is 0 Å². The maximum absolute atomic E-state index is 11.7. The highest BCUT2D eigenvalue weighted by Gasteiger charge is 2.21. The topological polar surface area (TPSA) is 58.6 Å². The minimum Gasteiger partial charge on any atom is -0.448 e. The molecule has 1 heterocycles. The quantitative estimate of drug-likeness (QED) is 0.889. The Morgan fingerprint density at radius 2 is 2.21 bits per heavy atom. The van der Waals surface area contributed by atoms with Gasteiger partial charge in [0.05, 0.1) is 13.0 Å². The number of amides is 2. The van der Waals surface area contributed by atoms with Crippen LogP contribution in [0.4, 0.5) is 4.79 Å². The molecule has 0 radical (unpaired) electrons. The van der Waals surface area contributed by atoms with Crippen LogP contribution in [-0.4, -0.2) is 43.1 Å². The summed E-state index contributed by atoms with van der Waals surface area (Å²) in [5.41, 5.74) is 0.794. The van der Waals surface area contributed by atoms with Gasteiger partial charge in [-0.1, -0.05) is 29.8 Å². The van der Waals surface area contributed by atoms with Crippen LogP contribution < -0.4 is 5.32 Å². The summed E-state index contributed by atoms with van der Waals surface area (Å²) >= 11 is 5.98. The van der Waals surface area contributed by atoms with Crippen LogP contribution in [0.25, 0.3) is 0 Å². The number of rotatable bonds is 5. The highest BCUT2D eigenvalue weighted by atomic mass is 35.5. The number of cyclic esters (lactones) is 1. The number of benzene rings is 1. The van der Waals surface area contributed by atoms with E-state index in [9.17, 15) is 9.59 Å². The number of hydrogen-bond acceptors (Lipinski definition) is 3. The second-order valence-electron chi connectivity index (χ2n) is 4.22. The van der Waals surface area contributed by atoms with Gasteiger partial charge in [-0.15, -0.1) is 0 Å². The van der Waals surface area contributed by atoms with Gasteiger partial charge in [-0.25, -0.2) is 4.79 Å². The molecule has 0 bridgehead atoms. The van der Waals surface area contributed by atoms with Crippen LogP contribution >= 0.6 is 11.6 Å². The first-order valence-corrected chi connectivity index (χ1v) is 6.46. The van der Waals surface area contributed by atoms with E-state index in [4.69, 9.17) is 16.3 Å². The van der Waals surface area contributed by atoms with Crippen LogP contribution in [0, 0.1) is 0 Å². The number of hydrogen-bond donors (Lipinski definition) is 1. The molecule has 1 aliphatic rings. The zero-order chi connectivity index (χ0) is 13.7. The minimum atomic E-state index is -0.319. The molecule has 102 valence electrons. The van der Waals surface area contributed by atoms with Crippen LogP contribution in [0.2, 0.25) is 5.02 Å². The summed E-state index contributed by atoms with van der Waals surface area (Å²) in [5.74, 6) is -0.110. The van der Waals surface area contributed by atoms with Gasteiger partial charge in [0.25, 0.3) is 0 Å². The first-order valence-electron chi connectivity index (χ1n) is 6.08. The predicted molar refractivity (Wildman–Crippen MR) is 71.1 cm³/mol. The molecule has 1 aliphatic heterocycles. The highest BCUT2D eigenvalue weighted by molar-refractivity contribution is 6.31. The van der Waals surface area contributed by atoms with Crippen molar-refractivity contribution in [2.45, 2.75) is 6.42 Å². The lowest BCUT2D eigenvalue weighted by atomic mass is 10.1. The third-order valence-electron chi connectivity index (χ3n) is 2.86. The average molecular weight is 283 g/mol. The van der Waals surface area contributed by atoms with E-state index in [0.29, 0.717) is 31.3 Å². The fourth-order valence-electron chi connectivity index (χ4n) is 1.84. The van der Waals surface area contributed by atoms with Gasteiger partial charge >= 0.3 is 6.09 Å². The molecule has 2 rings (SSSR count). The molecule has 1 aromatic carbocycles. The van der Waals surface area contributed by atoms with Crippen molar-refractivity contribution in [3.8, 4) is 0 Å². The molecule has 1 aromatic rings. The second kappa shape index (κ2) is 6.43. The first-order chi connectivity index (χ1) is 9.16. The Labute approximate surface area is 116 Å². The summed E-state index contributed by atoms with van der Waals surface area (Å²) in [6.45, 7) is 1.89. The Kier molecular flexibility index (Phi) is 4.63. The number of halogens is 1. The monoisotopic (exact) mass is 282 g/mol. The Morgan fingerprint density at radius 1 is 1.42 bits per heavy atom. The van der Waals surface area contributed by atoms with Crippen molar-refractivity contribution in [1.29, 1.82) is 0 Å². The van der Waals surface area contributed by atoms with Crippen molar-refractivity contribution in [2.75, 3.05) is 26.2 Å². The predicted octanol–water partition coefficient (Wildman–Crippen LogP) is 1.45. The van der Waals surface area contributed by atoms with Crippen LogP contribution in [-0.2, 0) is 16.0 Å². The van der Waals surface area contributed by atoms with Crippen LogP contribution in [0.1, 0.15) is 5.56 Å². The molecule has 0 spiro atoms. The van der Waals surface area contributed by atoms with Gasteiger partial charge in [0.15, 0.2) is 0 Å². The number of carbonyl (C=O) groups excluding carboxylic acids is 2. The van der Waals surface area contributed by atoms with Crippen molar-refractivity contribution in [3.05, 3.63) is 34.9 Å². The Morgan fingerprint density at radius 3 is 2.89 bits per heavy atom. The van der Waals surface area contributed by atoms with E-state index in [2.05, 4.69) is 5.32 Å². The zero-order valence-electron chi connectivity index (χ0n) is 10.4. The maximum atomic E-state index is 11.7. The van der Waals surface area contributed by atoms with E-state index in [1.807, 2.05) is 18.2 Å². The molecule has 0 saturated carbocycles. The summed E-state index contributed by atoms with van der Waals surface area (Å²) in [6.07, 6.45) is -0.0789. The van der Waals surface area contributed by atoms with Crippen molar-refractivity contribution < 1.29 is 14.3 Å². The first kappa shape index (κ1) is 13.7. The van der Waals surface area contributed by atoms with E-state index in [0.717, 1.165) is 5.56 Å². The molecule has 1 fully saturated rings. The van der Waals surface area contributed by atoms with E-state index in [1.54, 1.807) is 11.0 Å². The molecule has 19 heavy (non-hydrogen) atoms.